The Morgan fingerprint density at radius 2 is 1.54 bits per heavy atom. The maximum absolute atomic E-state index is 12.6. The van der Waals surface area contributed by atoms with E-state index in [4.69, 9.17) is 9.72 Å². The number of amides is 2. The monoisotopic (exact) mass is 469 g/mol. The minimum atomic E-state index is -0.303. The lowest BCUT2D eigenvalue weighted by molar-refractivity contribution is 0.221. The van der Waals surface area contributed by atoms with Crippen molar-refractivity contribution < 1.29 is 9.53 Å². The number of carbonyl (C=O) groups is 1. The molecule has 0 radical (unpaired) electrons. The number of nitrogens with zero attached hydrogens (tertiary/aromatic N) is 3. The Morgan fingerprint density at radius 3 is 2.31 bits per heavy atom. The summed E-state index contributed by atoms with van der Waals surface area (Å²) in [4.78, 5) is 19.8. The molecular formula is C28H31N5O2. The molecule has 0 aliphatic carbocycles. The first kappa shape index (κ1) is 22.9. The summed E-state index contributed by atoms with van der Waals surface area (Å²) >= 11 is 0. The lowest BCUT2D eigenvalue weighted by atomic mass is 10.1. The van der Waals surface area contributed by atoms with Gasteiger partial charge in [0.05, 0.1) is 11.0 Å². The van der Waals surface area contributed by atoms with Gasteiger partial charge in [-0.1, -0.05) is 24.6 Å². The molecule has 2 heterocycles. The molecule has 3 aromatic carbocycles. The van der Waals surface area contributed by atoms with Crippen LogP contribution in [0.4, 0.5) is 16.2 Å². The molecule has 0 unspecified atom stereocenters. The third kappa shape index (κ3) is 5.81. The Morgan fingerprint density at radius 1 is 0.857 bits per heavy atom. The zero-order valence-electron chi connectivity index (χ0n) is 20.0. The quantitative estimate of drug-likeness (QED) is 0.335. The Balaban J connectivity index is 1.18. The Hall–Kier alpha value is -3.84. The van der Waals surface area contributed by atoms with Crippen molar-refractivity contribution in [3.05, 3.63) is 78.6 Å². The van der Waals surface area contributed by atoms with E-state index in [0.29, 0.717) is 17.1 Å². The zero-order chi connectivity index (χ0) is 24.0. The van der Waals surface area contributed by atoms with Crippen molar-refractivity contribution in [2.45, 2.75) is 32.7 Å². The van der Waals surface area contributed by atoms with Gasteiger partial charge in [0.15, 0.2) is 0 Å². The number of aromatic nitrogens is 2. The van der Waals surface area contributed by atoms with Crippen molar-refractivity contribution >= 4 is 28.4 Å². The van der Waals surface area contributed by atoms with Crippen LogP contribution >= 0.6 is 0 Å². The molecule has 0 spiro atoms. The third-order valence-electron chi connectivity index (χ3n) is 6.38. The van der Waals surface area contributed by atoms with Gasteiger partial charge in [0.25, 0.3) is 0 Å². The molecule has 2 N–H and O–H groups in total. The number of anilines is 2. The standard InChI is InChI=1S/C28H31N5O2/c1-21-29-26-20-23(12-15-27(26)33(21)19-18-32-16-6-3-7-17-32)31-28(34)30-22-10-13-25(14-11-22)35-24-8-4-2-5-9-24/h2,4-5,8-15,20H,3,6-7,16-19H2,1H3,(H2,30,31,34). The number of carbonyl (C=O) groups excluding carboxylic acids is 1. The lowest BCUT2D eigenvalue weighted by Gasteiger charge is -2.26. The molecule has 1 aliphatic heterocycles. The molecular weight excluding hydrogens is 438 g/mol. The van der Waals surface area contributed by atoms with Crippen molar-refractivity contribution in [1.82, 2.24) is 14.5 Å². The Kier molecular flexibility index (Phi) is 6.95. The van der Waals surface area contributed by atoms with Crippen LogP contribution in [0.1, 0.15) is 25.1 Å². The van der Waals surface area contributed by atoms with Gasteiger partial charge in [0, 0.05) is 24.5 Å². The number of benzene rings is 3. The van der Waals surface area contributed by atoms with Gasteiger partial charge in [0.2, 0.25) is 0 Å². The number of ether oxygens (including phenoxy) is 1. The number of urea groups is 1. The van der Waals surface area contributed by atoms with Crippen molar-refractivity contribution in [3.63, 3.8) is 0 Å². The van der Waals surface area contributed by atoms with Crippen molar-refractivity contribution in [2.75, 3.05) is 30.3 Å². The van der Waals surface area contributed by atoms with E-state index >= 15 is 0 Å². The molecule has 2 amide bonds. The first-order valence-corrected chi connectivity index (χ1v) is 12.2. The van der Waals surface area contributed by atoms with Crippen molar-refractivity contribution in [3.8, 4) is 11.5 Å². The average Bonchev–Trinajstić information content (AvgIpc) is 3.19. The molecule has 7 nitrogen and oxygen atoms in total. The molecule has 1 aliphatic rings. The second kappa shape index (κ2) is 10.6. The predicted molar refractivity (Wildman–Crippen MR) is 140 cm³/mol. The maximum Gasteiger partial charge on any atom is 0.323 e. The summed E-state index contributed by atoms with van der Waals surface area (Å²) in [7, 11) is 0. The number of rotatable bonds is 7. The van der Waals surface area contributed by atoms with E-state index < -0.39 is 0 Å². The van der Waals surface area contributed by atoms with Gasteiger partial charge in [-0.05, 0) is 87.5 Å². The number of hydrogen-bond acceptors (Lipinski definition) is 4. The Bertz CT molecular complexity index is 1280. The highest BCUT2D eigenvalue weighted by molar-refractivity contribution is 6.00. The van der Waals surface area contributed by atoms with Crippen LogP contribution in [0.2, 0.25) is 0 Å². The number of para-hydroxylation sites is 1. The third-order valence-corrected chi connectivity index (χ3v) is 6.38. The van der Waals surface area contributed by atoms with Gasteiger partial charge < -0.3 is 24.8 Å². The highest BCUT2D eigenvalue weighted by Crippen LogP contribution is 2.24. The molecule has 1 saturated heterocycles. The van der Waals surface area contributed by atoms with E-state index in [1.165, 1.54) is 32.4 Å². The van der Waals surface area contributed by atoms with E-state index in [1.807, 2.05) is 79.7 Å². The number of fused-ring (bicyclic) bond motifs is 1. The molecule has 5 rings (SSSR count). The maximum atomic E-state index is 12.6. The molecule has 35 heavy (non-hydrogen) atoms. The predicted octanol–water partition coefficient (Wildman–Crippen LogP) is 6.27. The van der Waals surface area contributed by atoms with Crippen LogP contribution in [-0.4, -0.2) is 40.1 Å². The largest absolute Gasteiger partial charge is 0.457 e. The second-order valence-corrected chi connectivity index (χ2v) is 8.94. The smallest absolute Gasteiger partial charge is 0.323 e. The fourth-order valence-corrected chi connectivity index (χ4v) is 4.56. The summed E-state index contributed by atoms with van der Waals surface area (Å²) in [6.07, 6.45) is 3.94. The second-order valence-electron chi connectivity index (χ2n) is 8.94. The van der Waals surface area contributed by atoms with Crippen LogP contribution in [0.5, 0.6) is 11.5 Å². The van der Waals surface area contributed by atoms with Gasteiger partial charge >= 0.3 is 6.03 Å². The molecule has 180 valence electrons. The number of hydrogen-bond donors (Lipinski definition) is 2. The molecule has 0 atom stereocenters. The summed E-state index contributed by atoms with van der Waals surface area (Å²) in [6.45, 7) is 6.40. The normalized spacial score (nSPS) is 14.1. The number of nitrogens with one attached hydrogen (secondary N) is 2. The highest BCUT2D eigenvalue weighted by Gasteiger charge is 2.13. The van der Waals surface area contributed by atoms with E-state index in [9.17, 15) is 4.79 Å². The summed E-state index contributed by atoms with van der Waals surface area (Å²) in [6, 6.07) is 22.5. The van der Waals surface area contributed by atoms with Crippen LogP contribution in [0.25, 0.3) is 11.0 Å². The minimum Gasteiger partial charge on any atom is -0.457 e. The van der Waals surface area contributed by atoms with E-state index in [0.717, 1.165) is 35.7 Å². The fraction of sp³-hybridized carbons (Fsp3) is 0.286. The number of likely N-dealkylation sites (tertiary alicyclic amines) is 1. The first-order valence-electron chi connectivity index (χ1n) is 12.2. The lowest BCUT2D eigenvalue weighted by Crippen LogP contribution is -2.32. The van der Waals surface area contributed by atoms with Crippen LogP contribution < -0.4 is 15.4 Å². The number of piperidine rings is 1. The van der Waals surface area contributed by atoms with E-state index in [2.05, 4.69) is 20.1 Å². The summed E-state index contributed by atoms with van der Waals surface area (Å²) in [5, 5.41) is 5.78. The van der Waals surface area contributed by atoms with Crippen LogP contribution in [0.3, 0.4) is 0 Å². The molecule has 4 aromatic rings. The summed E-state index contributed by atoms with van der Waals surface area (Å²) in [5.41, 5.74) is 3.38. The Labute approximate surface area is 205 Å². The topological polar surface area (TPSA) is 71.4 Å². The first-order chi connectivity index (χ1) is 17.1. The van der Waals surface area contributed by atoms with Gasteiger partial charge in [0.1, 0.15) is 17.3 Å². The van der Waals surface area contributed by atoms with Crippen LogP contribution in [0, 0.1) is 6.92 Å². The molecule has 0 saturated carbocycles. The van der Waals surface area contributed by atoms with Crippen molar-refractivity contribution in [2.24, 2.45) is 0 Å². The SMILES string of the molecule is Cc1nc2cc(NC(=O)Nc3ccc(Oc4ccccc4)cc3)ccc2n1CCN1CCCCC1. The summed E-state index contributed by atoms with van der Waals surface area (Å²) < 4.78 is 8.07. The van der Waals surface area contributed by atoms with Gasteiger partial charge in [-0.25, -0.2) is 9.78 Å². The van der Waals surface area contributed by atoms with Crippen molar-refractivity contribution in [1.29, 1.82) is 0 Å². The van der Waals surface area contributed by atoms with Crippen LogP contribution in [-0.2, 0) is 6.54 Å². The van der Waals surface area contributed by atoms with Gasteiger partial charge in [-0.3, -0.25) is 0 Å². The number of imidazole rings is 1. The molecule has 1 fully saturated rings. The number of aryl methyl sites for hydroxylation is 1. The van der Waals surface area contributed by atoms with E-state index in [-0.39, 0.29) is 6.03 Å². The molecule has 0 bridgehead atoms. The summed E-state index contributed by atoms with van der Waals surface area (Å²) in [5.74, 6) is 2.47. The molecule has 1 aromatic heterocycles. The fourth-order valence-electron chi connectivity index (χ4n) is 4.56. The van der Waals surface area contributed by atoms with Gasteiger partial charge in [-0.2, -0.15) is 0 Å². The van der Waals surface area contributed by atoms with Gasteiger partial charge in [-0.15, -0.1) is 0 Å². The van der Waals surface area contributed by atoms with E-state index in [1.54, 1.807) is 0 Å². The minimum absolute atomic E-state index is 0.303. The zero-order valence-corrected chi connectivity index (χ0v) is 20.0. The highest BCUT2D eigenvalue weighted by atomic mass is 16.5. The molecule has 7 heteroatoms. The van der Waals surface area contributed by atoms with Crippen LogP contribution in [0.15, 0.2) is 72.8 Å². The average molecular weight is 470 g/mol.